The Hall–Kier alpha value is -1.50. The molecule has 1 amide bonds. The van der Waals surface area contributed by atoms with Gasteiger partial charge in [-0.1, -0.05) is 18.2 Å². The van der Waals surface area contributed by atoms with Gasteiger partial charge in [0.25, 0.3) is 0 Å². The first-order valence-corrected chi connectivity index (χ1v) is 8.50. The van der Waals surface area contributed by atoms with Crippen LogP contribution in [0.1, 0.15) is 25.3 Å². The Bertz CT molecular complexity index is 527. The number of hydrogen-bond donors (Lipinski definition) is 2. The first kappa shape index (κ1) is 18.8. The molecule has 0 spiro atoms. The fourth-order valence-corrected chi connectivity index (χ4v) is 3.04. The summed E-state index contributed by atoms with van der Waals surface area (Å²) in [4.78, 5) is 13.2. The number of β-amino-alcohol motifs (C(OH)–C–C–N with tert-alkyl or cyclic N) is 1. The van der Waals surface area contributed by atoms with E-state index in [0.717, 1.165) is 25.9 Å². The minimum absolute atomic E-state index is 0.00583. The van der Waals surface area contributed by atoms with Crippen molar-refractivity contribution in [2.24, 2.45) is 5.92 Å². The molecule has 1 saturated heterocycles. The largest absolute Gasteiger partial charge is 0.389 e. The van der Waals surface area contributed by atoms with Gasteiger partial charge in [0.2, 0.25) is 5.91 Å². The Morgan fingerprint density at radius 3 is 3.04 bits per heavy atom. The minimum atomic E-state index is -0.601. The number of piperidine rings is 1. The average Bonchev–Trinajstić information content (AvgIpc) is 2.55. The number of carbonyl (C=O) groups excluding carboxylic acids is 1. The molecular formula is C18H27FN2O3. The summed E-state index contributed by atoms with van der Waals surface area (Å²) in [6.07, 6.45) is 1.56. The summed E-state index contributed by atoms with van der Waals surface area (Å²) >= 11 is 0. The van der Waals surface area contributed by atoms with Crippen LogP contribution in [0.4, 0.5) is 4.39 Å². The van der Waals surface area contributed by atoms with Crippen LogP contribution >= 0.6 is 0 Å². The Balaban J connectivity index is 1.67. The molecule has 1 aromatic rings. The summed E-state index contributed by atoms with van der Waals surface area (Å²) in [7, 11) is 0. The maximum Gasteiger partial charge on any atom is 0.216 e. The normalized spacial score (nSPS) is 19.9. The number of ether oxygens (including phenoxy) is 1. The Kier molecular flexibility index (Phi) is 7.62. The molecule has 0 saturated carbocycles. The summed E-state index contributed by atoms with van der Waals surface area (Å²) < 4.78 is 18.9. The number of aliphatic hydroxyl groups excluding tert-OH is 1. The number of hydrogen-bond acceptors (Lipinski definition) is 4. The lowest BCUT2D eigenvalue weighted by Crippen LogP contribution is -2.44. The minimum Gasteiger partial charge on any atom is -0.389 e. The van der Waals surface area contributed by atoms with Crippen molar-refractivity contribution in [2.45, 2.75) is 32.5 Å². The van der Waals surface area contributed by atoms with Crippen molar-refractivity contribution in [3.8, 4) is 0 Å². The van der Waals surface area contributed by atoms with Crippen LogP contribution in [0.3, 0.4) is 0 Å². The first-order chi connectivity index (χ1) is 11.5. The van der Waals surface area contributed by atoms with Crippen LogP contribution in [0.5, 0.6) is 0 Å². The quantitative estimate of drug-likeness (QED) is 0.755. The zero-order valence-electron chi connectivity index (χ0n) is 14.2. The molecule has 24 heavy (non-hydrogen) atoms. The monoisotopic (exact) mass is 338 g/mol. The second-order valence-corrected chi connectivity index (χ2v) is 6.47. The topological polar surface area (TPSA) is 61.8 Å². The second-order valence-electron chi connectivity index (χ2n) is 6.47. The molecule has 1 heterocycles. The van der Waals surface area contributed by atoms with E-state index >= 15 is 0 Å². The van der Waals surface area contributed by atoms with Gasteiger partial charge in [0.15, 0.2) is 0 Å². The van der Waals surface area contributed by atoms with Gasteiger partial charge in [-0.15, -0.1) is 0 Å². The third-order valence-corrected chi connectivity index (χ3v) is 4.24. The average molecular weight is 338 g/mol. The SMILES string of the molecule is CC(=O)NCC1CCCN(CC(O)COCc2ccccc2F)C1. The highest BCUT2D eigenvalue weighted by Gasteiger charge is 2.22. The fourth-order valence-electron chi connectivity index (χ4n) is 3.04. The van der Waals surface area contributed by atoms with Gasteiger partial charge in [0.1, 0.15) is 5.82 Å². The number of carbonyl (C=O) groups is 1. The molecule has 0 bridgehead atoms. The molecule has 0 aliphatic carbocycles. The fraction of sp³-hybridized carbons (Fsp3) is 0.611. The van der Waals surface area contributed by atoms with Crippen molar-refractivity contribution < 1.29 is 19.0 Å². The van der Waals surface area contributed by atoms with Gasteiger partial charge in [0.05, 0.1) is 19.3 Å². The van der Waals surface area contributed by atoms with Crippen molar-refractivity contribution in [3.05, 3.63) is 35.6 Å². The highest BCUT2D eigenvalue weighted by molar-refractivity contribution is 5.72. The van der Waals surface area contributed by atoms with E-state index in [1.54, 1.807) is 18.2 Å². The van der Waals surface area contributed by atoms with E-state index < -0.39 is 6.10 Å². The van der Waals surface area contributed by atoms with Crippen molar-refractivity contribution in [1.82, 2.24) is 10.2 Å². The van der Waals surface area contributed by atoms with Crippen molar-refractivity contribution in [1.29, 1.82) is 0 Å². The van der Waals surface area contributed by atoms with Crippen LogP contribution in [-0.2, 0) is 16.1 Å². The number of aliphatic hydroxyl groups is 1. The van der Waals surface area contributed by atoms with E-state index in [1.165, 1.54) is 13.0 Å². The summed E-state index contributed by atoms with van der Waals surface area (Å²) in [6, 6.07) is 6.49. The molecule has 0 radical (unpaired) electrons. The van der Waals surface area contributed by atoms with E-state index in [1.807, 2.05) is 0 Å². The van der Waals surface area contributed by atoms with Crippen molar-refractivity contribution in [2.75, 3.05) is 32.8 Å². The summed E-state index contributed by atoms with van der Waals surface area (Å²) in [5, 5.41) is 13.0. The van der Waals surface area contributed by atoms with Gasteiger partial charge in [0, 0.05) is 32.1 Å². The van der Waals surface area contributed by atoms with E-state index in [4.69, 9.17) is 4.74 Å². The Labute approximate surface area is 142 Å². The molecule has 2 atom stereocenters. The molecule has 1 aliphatic heterocycles. The zero-order valence-corrected chi connectivity index (χ0v) is 14.2. The predicted octanol–water partition coefficient (Wildman–Crippen LogP) is 1.55. The third kappa shape index (κ3) is 6.55. The number of amides is 1. The molecule has 2 N–H and O–H groups in total. The number of nitrogens with zero attached hydrogens (tertiary/aromatic N) is 1. The molecule has 1 fully saturated rings. The van der Waals surface area contributed by atoms with Gasteiger partial charge in [-0.25, -0.2) is 4.39 Å². The van der Waals surface area contributed by atoms with Gasteiger partial charge in [-0.3, -0.25) is 4.79 Å². The molecule has 0 aromatic heterocycles. The smallest absolute Gasteiger partial charge is 0.216 e. The Morgan fingerprint density at radius 2 is 2.29 bits per heavy atom. The van der Waals surface area contributed by atoms with Crippen molar-refractivity contribution in [3.63, 3.8) is 0 Å². The summed E-state index contributed by atoms with van der Waals surface area (Å²) in [5.74, 6) is 0.131. The van der Waals surface area contributed by atoms with Gasteiger partial charge in [-0.2, -0.15) is 0 Å². The van der Waals surface area contributed by atoms with Crippen LogP contribution in [-0.4, -0.2) is 54.8 Å². The van der Waals surface area contributed by atoms with Crippen LogP contribution in [0.15, 0.2) is 24.3 Å². The van der Waals surface area contributed by atoms with Gasteiger partial charge >= 0.3 is 0 Å². The van der Waals surface area contributed by atoms with Crippen molar-refractivity contribution >= 4 is 5.91 Å². The molecule has 1 aliphatic rings. The number of halogens is 1. The number of likely N-dealkylation sites (tertiary alicyclic amines) is 1. The highest BCUT2D eigenvalue weighted by atomic mass is 19.1. The molecule has 5 nitrogen and oxygen atoms in total. The van der Waals surface area contributed by atoms with Crippen LogP contribution in [0, 0.1) is 11.7 Å². The predicted molar refractivity (Wildman–Crippen MR) is 89.9 cm³/mol. The van der Waals surface area contributed by atoms with Gasteiger partial charge in [-0.05, 0) is 31.4 Å². The van der Waals surface area contributed by atoms with Crippen LogP contribution in [0.25, 0.3) is 0 Å². The molecule has 6 heteroatoms. The van der Waals surface area contributed by atoms with Crippen LogP contribution in [0.2, 0.25) is 0 Å². The molecular weight excluding hydrogens is 311 g/mol. The van der Waals surface area contributed by atoms with E-state index in [9.17, 15) is 14.3 Å². The number of benzene rings is 1. The molecule has 134 valence electrons. The molecule has 2 rings (SSSR count). The molecule has 1 aromatic carbocycles. The first-order valence-electron chi connectivity index (χ1n) is 8.50. The lowest BCUT2D eigenvalue weighted by molar-refractivity contribution is -0.119. The number of rotatable bonds is 8. The number of nitrogens with one attached hydrogen (secondary N) is 1. The third-order valence-electron chi connectivity index (χ3n) is 4.24. The zero-order chi connectivity index (χ0) is 17.4. The lowest BCUT2D eigenvalue weighted by Gasteiger charge is -2.33. The van der Waals surface area contributed by atoms with E-state index in [0.29, 0.717) is 24.6 Å². The molecule has 2 unspecified atom stereocenters. The Morgan fingerprint density at radius 1 is 1.50 bits per heavy atom. The lowest BCUT2D eigenvalue weighted by atomic mass is 9.97. The maximum atomic E-state index is 13.5. The maximum absolute atomic E-state index is 13.5. The summed E-state index contributed by atoms with van der Waals surface area (Å²) in [6.45, 7) is 4.90. The van der Waals surface area contributed by atoms with E-state index in [2.05, 4.69) is 10.2 Å². The standard InChI is InChI=1S/C18H27FN2O3/c1-14(22)20-9-15-5-4-8-21(10-15)11-17(23)13-24-12-16-6-2-3-7-18(16)19/h2-3,6-7,15,17,23H,4-5,8-13H2,1H3,(H,20,22). The van der Waals surface area contributed by atoms with Crippen LogP contribution < -0.4 is 5.32 Å². The highest BCUT2D eigenvalue weighted by Crippen LogP contribution is 2.16. The van der Waals surface area contributed by atoms with Gasteiger partial charge < -0.3 is 20.1 Å². The summed E-state index contributed by atoms with van der Waals surface area (Å²) in [5.41, 5.74) is 0.498. The second kappa shape index (κ2) is 9.71. The van der Waals surface area contributed by atoms with E-state index in [-0.39, 0.29) is 24.9 Å².